The highest BCUT2D eigenvalue weighted by atomic mass is 32.2. The highest BCUT2D eigenvalue weighted by Crippen LogP contribution is 2.19. The molecule has 1 aliphatic rings. The molecule has 2 aromatic heterocycles. The number of sulfonamides is 1. The number of aromatic amines is 1. The Bertz CT molecular complexity index is 829. The van der Waals surface area contributed by atoms with E-state index >= 15 is 0 Å². The minimum absolute atomic E-state index is 0.0486. The molecule has 1 aliphatic heterocycles. The van der Waals surface area contributed by atoms with Gasteiger partial charge in [0.15, 0.2) is 10.7 Å². The minimum Gasteiger partial charge on any atom is -0.461 e. The van der Waals surface area contributed by atoms with Gasteiger partial charge >= 0.3 is 5.97 Å². The molecule has 0 unspecified atom stereocenters. The first-order chi connectivity index (χ1) is 12.0. The third-order valence-electron chi connectivity index (χ3n) is 3.87. The molecular weight excluding hydrogens is 346 g/mol. The Hall–Kier alpha value is -2.46. The second-order valence-electron chi connectivity index (χ2n) is 5.42. The zero-order valence-electron chi connectivity index (χ0n) is 13.8. The fourth-order valence-electron chi connectivity index (χ4n) is 2.58. The standard InChI is InChI=1S/C15H19N5O4S/c1-2-24-15(21)12-11-14(18-17-12)25(22,23)20-9-7-19(8-10-20)13-5-3-4-6-16-13/h3-6,11H,2,7-10H2,1H3,(H,17,18). The van der Waals surface area contributed by atoms with E-state index < -0.39 is 16.0 Å². The van der Waals surface area contributed by atoms with E-state index in [1.807, 2.05) is 23.1 Å². The summed E-state index contributed by atoms with van der Waals surface area (Å²) < 4.78 is 31.6. The summed E-state index contributed by atoms with van der Waals surface area (Å²) in [6.45, 7) is 3.59. The summed E-state index contributed by atoms with van der Waals surface area (Å²) >= 11 is 0. The number of hydrogen-bond acceptors (Lipinski definition) is 7. The van der Waals surface area contributed by atoms with Crippen molar-refractivity contribution in [3.63, 3.8) is 0 Å². The van der Waals surface area contributed by atoms with Gasteiger partial charge in [0.2, 0.25) is 0 Å². The summed E-state index contributed by atoms with van der Waals surface area (Å²) in [6.07, 6.45) is 1.71. The lowest BCUT2D eigenvalue weighted by Crippen LogP contribution is -2.49. The van der Waals surface area contributed by atoms with Crippen molar-refractivity contribution in [2.75, 3.05) is 37.7 Å². The number of carbonyl (C=O) groups is 1. The highest BCUT2D eigenvalue weighted by Gasteiger charge is 2.31. The van der Waals surface area contributed by atoms with Crippen LogP contribution in [-0.2, 0) is 14.8 Å². The number of nitrogens with one attached hydrogen (secondary N) is 1. The SMILES string of the molecule is CCOC(=O)c1cc(S(=O)(=O)N2CCN(c3ccccn3)CC2)[nH]n1. The van der Waals surface area contributed by atoms with Crippen molar-refractivity contribution in [2.24, 2.45) is 0 Å². The first-order valence-electron chi connectivity index (χ1n) is 7.91. The quantitative estimate of drug-likeness (QED) is 0.768. The predicted octanol–water partition coefficient (Wildman–Crippen LogP) is 0.492. The number of carbonyl (C=O) groups excluding carboxylic acids is 1. The second kappa shape index (κ2) is 7.19. The Kier molecular flexibility index (Phi) is 5.00. The maximum atomic E-state index is 12.7. The van der Waals surface area contributed by atoms with Gasteiger partial charge in [0, 0.05) is 38.4 Å². The molecule has 3 heterocycles. The molecule has 1 N–H and O–H groups in total. The van der Waals surface area contributed by atoms with E-state index in [-0.39, 0.29) is 17.3 Å². The molecule has 10 heteroatoms. The van der Waals surface area contributed by atoms with Crippen LogP contribution in [0.2, 0.25) is 0 Å². The zero-order chi connectivity index (χ0) is 17.9. The number of piperazine rings is 1. The normalized spacial score (nSPS) is 16.0. The number of aromatic nitrogens is 3. The van der Waals surface area contributed by atoms with E-state index in [0.29, 0.717) is 26.2 Å². The van der Waals surface area contributed by atoms with Crippen LogP contribution in [0.15, 0.2) is 35.5 Å². The average Bonchev–Trinajstić information content (AvgIpc) is 3.14. The number of esters is 1. The van der Waals surface area contributed by atoms with Crippen LogP contribution in [0.4, 0.5) is 5.82 Å². The van der Waals surface area contributed by atoms with Crippen molar-refractivity contribution in [2.45, 2.75) is 11.9 Å². The van der Waals surface area contributed by atoms with Gasteiger partial charge in [0.05, 0.1) is 6.61 Å². The fraction of sp³-hybridized carbons (Fsp3) is 0.400. The second-order valence-corrected chi connectivity index (χ2v) is 7.32. The van der Waals surface area contributed by atoms with E-state index in [1.165, 1.54) is 10.4 Å². The molecule has 0 saturated carbocycles. The Labute approximate surface area is 145 Å². The first-order valence-corrected chi connectivity index (χ1v) is 9.35. The van der Waals surface area contributed by atoms with Gasteiger partial charge in [-0.05, 0) is 19.1 Å². The van der Waals surface area contributed by atoms with Gasteiger partial charge in [0.25, 0.3) is 10.0 Å². The number of anilines is 1. The fourth-order valence-corrected chi connectivity index (χ4v) is 3.93. The molecule has 0 aliphatic carbocycles. The molecule has 1 saturated heterocycles. The largest absolute Gasteiger partial charge is 0.461 e. The molecular formula is C15H19N5O4S. The summed E-state index contributed by atoms with van der Waals surface area (Å²) in [5, 5.41) is 6.04. The predicted molar refractivity (Wildman–Crippen MR) is 89.8 cm³/mol. The third-order valence-corrected chi connectivity index (χ3v) is 5.68. The van der Waals surface area contributed by atoms with Gasteiger partial charge in [-0.25, -0.2) is 18.2 Å². The van der Waals surface area contributed by atoms with E-state index in [2.05, 4.69) is 15.2 Å². The van der Waals surface area contributed by atoms with E-state index in [0.717, 1.165) is 5.82 Å². The topological polar surface area (TPSA) is 108 Å². The smallest absolute Gasteiger partial charge is 0.358 e. The van der Waals surface area contributed by atoms with E-state index in [4.69, 9.17) is 4.74 Å². The van der Waals surface area contributed by atoms with Crippen LogP contribution in [0, 0.1) is 0 Å². The van der Waals surface area contributed by atoms with Crippen LogP contribution in [-0.4, -0.2) is 66.7 Å². The molecule has 0 aromatic carbocycles. The molecule has 2 aromatic rings. The van der Waals surface area contributed by atoms with E-state index in [9.17, 15) is 13.2 Å². The molecule has 0 atom stereocenters. The maximum absolute atomic E-state index is 12.7. The molecule has 134 valence electrons. The van der Waals surface area contributed by atoms with Crippen LogP contribution in [0.1, 0.15) is 17.4 Å². The summed E-state index contributed by atoms with van der Waals surface area (Å²) in [5.74, 6) is 0.172. The third kappa shape index (κ3) is 3.64. The number of hydrogen-bond donors (Lipinski definition) is 1. The Morgan fingerprint density at radius 2 is 2.04 bits per heavy atom. The lowest BCUT2D eigenvalue weighted by molar-refractivity contribution is 0.0519. The van der Waals surface area contributed by atoms with Crippen LogP contribution in [0.3, 0.4) is 0 Å². The van der Waals surface area contributed by atoms with Gasteiger partial charge in [-0.3, -0.25) is 5.10 Å². The molecule has 3 rings (SSSR count). The van der Waals surface area contributed by atoms with Crippen LogP contribution >= 0.6 is 0 Å². The molecule has 0 bridgehead atoms. The molecule has 0 radical (unpaired) electrons. The van der Waals surface area contributed by atoms with Gasteiger partial charge in [-0.1, -0.05) is 6.07 Å². The number of pyridine rings is 1. The summed E-state index contributed by atoms with van der Waals surface area (Å²) in [5.41, 5.74) is -0.0486. The molecule has 0 spiro atoms. The van der Waals surface area contributed by atoms with Gasteiger partial charge < -0.3 is 9.64 Å². The van der Waals surface area contributed by atoms with Crippen molar-refractivity contribution >= 4 is 21.8 Å². The van der Waals surface area contributed by atoms with Crippen LogP contribution in [0.25, 0.3) is 0 Å². The summed E-state index contributed by atoms with van der Waals surface area (Å²) in [6, 6.07) is 6.83. The Morgan fingerprint density at radius 1 is 1.28 bits per heavy atom. The minimum atomic E-state index is -3.73. The zero-order valence-corrected chi connectivity index (χ0v) is 14.6. The van der Waals surface area contributed by atoms with Crippen molar-refractivity contribution in [1.82, 2.24) is 19.5 Å². The first kappa shape index (κ1) is 17.4. The van der Waals surface area contributed by atoms with Crippen molar-refractivity contribution in [3.8, 4) is 0 Å². The lowest BCUT2D eigenvalue weighted by atomic mass is 10.3. The Morgan fingerprint density at radius 3 is 2.68 bits per heavy atom. The van der Waals surface area contributed by atoms with Gasteiger partial charge in [-0.2, -0.15) is 9.40 Å². The number of ether oxygens (including phenoxy) is 1. The number of H-pyrrole nitrogens is 1. The van der Waals surface area contributed by atoms with Crippen LogP contribution in [0.5, 0.6) is 0 Å². The van der Waals surface area contributed by atoms with Crippen molar-refractivity contribution in [3.05, 3.63) is 36.2 Å². The molecule has 0 amide bonds. The highest BCUT2D eigenvalue weighted by molar-refractivity contribution is 7.89. The summed E-state index contributed by atoms with van der Waals surface area (Å²) in [4.78, 5) is 17.9. The number of rotatable bonds is 5. The average molecular weight is 365 g/mol. The summed E-state index contributed by atoms with van der Waals surface area (Å²) in [7, 11) is -3.73. The number of nitrogens with zero attached hydrogens (tertiary/aromatic N) is 4. The molecule has 1 fully saturated rings. The Balaban J connectivity index is 1.69. The molecule has 25 heavy (non-hydrogen) atoms. The monoisotopic (exact) mass is 365 g/mol. The van der Waals surface area contributed by atoms with Crippen molar-refractivity contribution < 1.29 is 17.9 Å². The van der Waals surface area contributed by atoms with E-state index in [1.54, 1.807) is 13.1 Å². The molecule has 9 nitrogen and oxygen atoms in total. The van der Waals surface area contributed by atoms with Crippen LogP contribution < -0.4 is 4.90 Å². The lowest BCUT2D eigenvalue weighted by Gasteiger charge is -2.34. The van der Waals surface area contributed by atoms with Crippen molar-refractivity contribution in [1.29, 1.82) is 0 Å². The van der Waals surface area contributed by atoms with Gasteiger partial charge in [0.1, 0.15) is 5.82 Å². The maximum Gasteiger partial charge on any atom is 0.358 e. The van der Waals surface area contributed by atoms with Gasteiger partial charge in [-0.15, -0.1) is 0 Å².